The first-order valence-corrected chi connectivity index (χ1v) is 6.30. The second-order valence-corrected chi connectivity index (χ2v) is 4.51. The Balaban J connectivity index is 0.00000361. The van der Waals surface area contributed by atoms with Gasteiger partial charge in [0.25, 0.3) is 0 Å². The van der Waals surface area contributed by atoms with E-state index in [1.807, 2.05) is 13.8 Å². The van der Waals surface area contributed by atoms with E-state index in [-0.39, 0.29) is 31.4 Å². The number of carbonyl (C=O) groups excluding carboxylic acids is 2. The third kappa shape index (κ3) is 4.21. The lowest BCUT2D eigenvalue weighted by Crippen LogP contribution is -2.41. The van der Waals surface area contributed by atoms with Crippen LogP contribution in [0.15, 0.2) is 12.3 Å². The SMILES string of the molecule is CCC(CC)(CN)C(=O)Nc1ccn(CC(N)=O)n1.Cl. The van der Waals surface area contributed by atoms with Gasteiger partial charge in [-0.3, -0.25) is 14.3 Å². The van der Waals surface area contributed by atoms with Crippen molar-refractivity contribution in [2.24, 2.45) is 16.9 Å². The molecule has 0 bridgehead atoms. The number of nitrogens with one attached hydrogen (secondary N) is 1. The van der Waals surface area contributed by atoms with Crippen LogP contribution < -0.4 is 16.8 Å². The minimum atomic E-state index is -0.576. The predicted octanol–water partition coefficient (Wildman–Crippen LogP) is 0.494. The fraction of sp³-hybridized carbons (Fsp3) is 0.583. The van der Waals surface area contributed by atoms with E-state index in [0.29, 0.717) is 18.7 Å². The number of rotatable bonds is 7. The van der Waals surface area contributed by atoms with Gasteiger partial charge in [0.2, 0.25) is 11.8 Å². The fourth-order valence-electron chi connectivity index (χ4n) is 1.88. The number of nitrogens with two attached hydrogens (primary N) is 2. The number of aromatic nitrogens is 2. The molecule has 1 aromatic heterocycles. The maximum absolute atomic E-state index is 12.2. The third-order valence-electron chi connectivity index (χ3n) is 3.43. The van der Waals surface area contributed by atoms with E-state index >= 15 is 0 Å². The minimum Gasteiger partial charge on any atom is -0.368 e. The van der Waals surface area contributed by atoms with Crippen LogP contribution in [0.25, 0.3) is 0 Å². The van der Waals surface area contributed by atoms with Gasteiger partial charge in [-0.1, -0.05) is 13.8 Å². The first-order chi connectivity index (χ1) is 8.97. The summed E-state index contributed by atoms with van der Waals surface area (Å²) >= 11 is 0. The van der Waals surface area contributed by atoms with E-state index in [9.17, 15) is 9.59 Å². The first kappa shape index (κ1) is 18.4. The fourth-order valence-corrected chi connectivity index (χ4v) is 1.88. The molecular weight excluding hydrogens is 282 g/mol. The monoisotopic (exact) mass is 303 g/mol. The molecule has 0 saturated carbocycles. The molecule has 0 aromatic carbocycles. The lowest BCUT2D eigenvalue weighted by atomic mass is 9.81. The number of nitrogens with zero attached hydrogens (tertiary/aromatic N) is 2. The van der Waals surface area contributed by atoms with Gasteiger partial charge >= 0.3 is 0 Å². The molecule has 0 fully saturated rings. The van der Waals surface area contributed by atoms with Crippen LogP contribution in [0.5, 0.6) is 0 Å². The van der Waals surface area contributed by atoms with Gasteiger partial charge in [0, 0.05) is 18.8 Å². The van der Waals surface area contributed by atoms with E-state index in [4.69, 9.17) is 11.5 Å². The van der Waals surface area contributed by atoms with Gasteiger partial charge in [0.05, 0.1) is 5.41 Å². The second kappa shape index (κ2) is 7.86. The highest BCUT2D eigenvalue weighted by molar-refractivity contribution is 5.94. The lowest BCUT2D eigenvalue weighted by molar-refractivity contribution is -0.125. The van der Waals surface area contributed by atoms with Crippen LogP contribution in [0.4, 0.5) is 5.82 Å². The van der Waals surface area contributed by atoms with Crippen molar-refractivity contribution in [3.8, 4) is 0 Å². The Morgan fingerprint density at radius 2 is 2.00 bits per heavy atom. The van der Waals surface area contributed by atoms with E-state index < -0.39 is 11.3 Å². The van der Waals surface area contributed by atoms with Crippen molar-refractivity contribution in [1.82, 2.24) is 9.78 Å². The van der Waals surface area contributed by atoms with E-state index in [1.165, 1.54) is 4.68 Å². The summed E-state index contributed by atoms with van der Waals surface area (Å²) in [6.07, 6.45) is 2.91. The Bertz CT molecular complexity index is 448. The Kier molecular flexibility index (Phi) is 7.23. The van der Waals surface area contributed by atoms with Crippen molar-refractivity contribution in [2.75, 3.05) is 11.9 Å². The van der Waals surface area contributed by atoms with Gasteiger partial charge in [0.1, 0.15) is 6.54 Å². The molecule has 0 radical (unpaired) electrons. The van der Waals surface area contributed by atoms with Crippen molar-refractivity contribution >= 4 is 30.0 Å². The summed E-state index contributed by atoms with van der Waals surface area (Å²) in [4.78, 5) is 23.0. The molecular formula is C12H22ClN5O2. The summed E-state index contributed by atoms with van der Waals surface area (Å²) in [5, 5.41) is 6.78. The quantitative estimate of drug-likeness (QED) is 0.680. The molecule has 1 heterocycles. The molecule has 1 rings (SSSR count). The Morgan fingerprint density at radius 3 is 2.45 bits per heavy atom. The number of hydrogen-bond acceptors (Lipinski definition) is 4. The molecule has 0 unspecified atom stereocenters. The minimum absolute atomic E-state index is 0. The van der Waals surface area contributed by atoms with Crippen LogP contribution in [-0.2, 0) is 16.1 Å². The largest absolute Gasteiger partial charge is 0.368 e. The molecule has 8 heteroatoms. The molecule has 0 atom stereocenters. The van der Waals surface area contributed by atoms with Crippen LogP contribution >= 0.6 is 12.4 Å². The average molecular weight is 304 g/mol. The summed E-state index contributed by atoms with van der Waals surface area (Å²) < 4.78 is 1.37. The smallest absolute Gasteiger partial charge is 0.239 e. The van der Waals surface area contributed by atoms with Gasteiger partial charge in [-0.2, -0.15) is 5.10 Å². The standard InChI is InChI=1S/C12H21N5O2.ClH/c1-3-12(4-2,8-13)11(19)15-10-5-6-17(16-10)7-9(14)18;/h5-6H,3-4,7-8,13H2,1-2H3,(H2,14,18)(H,15,16,19);1H. The number of primary amides is 1. The molecule has 0 aliphatic rings. The maximum Gasteiger partial charge on any atom is 0.239 e. The van der Waals surface area contributed by atoms with Crippen LogP contribution in [-0.4, -0.2) is 28.1 Å². The van der Waals surface area contributed by atoms with Crippen molar-refractivity contribution in [3.63, 3.8) is 0 Å². The van der Waals surface area contributed by atoms with Crippen LogP contribution in [0, 0.1) is 5.41 Å². The zero-order valence-electron chi connectivity index (χ0n) is 11.8. The summed E-state index contributed by atoms with van der Waals surface area (Å²) in [5.74, 6) is -0.241. The molecule has 0 aliphatic heterocycles. The second-order valence-electron chi connectivity index (χ2n) is 4.51. The summed E-state index contributed by atoms with van der Waals surface area (Å²) in [7, 11) is 0. The van der Waals surface area contributed by atoms with Gasteiger partial charge < -0.3 is 16.8 Å². The highest BCUT2D eigenvalue weighted by Gasteiger charge is 2.33. The van der Waals surface area contributed by atoms with Crippen LogP contribution in [0.1, 0.15) is 26.7 Å². The first-order valence-electron chi connectivity index (χ1n) is 6.30. The third-order valence-corrected chi connectivity index (χ3v) is 3.43. The molecule has 2 amide bonds. The molecule has 20 heavy (non-hydrogen) atoms. The van der Waals surface area contributed by atoms with E-state index in [0.717, 1.165) is 0 Å². The molecule has 5 N–H and O–H groups in total. The average Bonchev–Trinajstić information content (AvgIpc) is 2.78. The maximum atomic E-state index is 12.2. The number of amides is 2. The number of carbonyl (C=O) groups is 2. The summed E-state index contributed by atoms with van der Waals surface area (Å²) in [6.45, 7) is 4.14. The van der Waals surface area contributed by atoms with Crippen molar-refractivity contribution in [3.05, 3.63) is 12.3 Å². The van der Waals surface area contributed by atoms with Crippen LogP contribution in [0.3, 0.4) is 0 Å². The Hall–Kier alpha value is -1.60. The topological polar surface area (TPSA) is 116 Å². The van der Waals surface area contributed by atoms with Crippen LogP contribution in [0.2, 0.25) is 0 Å². The van der Waals surface area contributed by atoms with Crippen molar-refractivity contribution in [1.29, 1.82) is 0 Å². The molecule has 1 aromatic rings. The van der Waals surface area contributed by atoms with Gasteiger partial charge in [-0.25, -0.2) is 0 Å². The molecule has 0 aliphatic carbocycles. The Labute approximate surface area is 124 Å². The number of anilines is 1. The highest BCUT2D eigenvalue weighted by atomic mass is 35.5. The normalized spacial score (nSPS) is 10.8. The number of halogens is 1. The number of hydrogen-bond donors (Lipinski definition) is 3. The summed E-state index contributed by atoms with van der Waals surface area (Å²) in [6, 6.07) is 1.62. The predicted molar refractivity (Wildman–Crippen MR) is 79.4 cm³/mol. The van der Waals surface area contributed by atoms with Gasteiger partial charge in [0.15, 0.2) is 5.82 Å². The van der Waals surface area contributed by atoms with Crippen molar-refractivity contribution in [2.45, 2.75) is 33.2 Å². The molecule has 114 valence electrons. The zero-order chi connectivity index (χ0) is 14.5. The molecule has 0 saturated heterocycles. The summed E-state index contributed by atoms with van der Waals surface area (Å²) in [5.41, 5.74) is 10.2. The zero-order valence-corrected chi connectivity index (χ0v) is 12.6. The van der Waals surface area contributed by atoms with Crippen molar-refractivity contribution < 1.29 is 9.59 Å². The highest BCUT2D eigenvalue weighted by Crippen LogP contribution is 2.26. The van der Waals surface area contributed by atoms with Gasteiger partial charge in [-0.05, 0) is 12.8 Å². The van der Waals surface area contributed by atoms with Gasteiger partial charge in [-0.15, -0.1) is 12.4 Å². The Morgan fingerprint density at radius 1 is 1.40 bits per heavy atom. The molecule has 7 nitrogen and oxygen atoms in total. The lowest BCUT2D eigenvalue weighted by Gasteiger charge is -2.27. The van der Waals surface area contributed by atoms with E-state index in [1.54, 1.807) is 12.3 Å². The van der Waals surface area contributed by atoms with E-state index in [2.05, 4.69) is 10.4 Å². The molecule has 0 spiro atoms.